The van der Waals surface area contributed by atoms with E-state index in [9.17, 15) is 9.18 Å². The minimum absolute atomic E-state index is 0.0113. The van der Waals surface area contributed by atoms with Crippen molar-refractivity contribution in [2.75, 3.05) is 36.5 Å². The minimum atomic E-state index is -0.436. The molecule has 7 nitrogen and oxygen atoms in total. The Morgan fingerprint density at radius 2 is 1.90 bits per heavy atom. The van der Waals surface area contributed by atoms with E-state index in [1.54, 1.807) is 6.92 Å². The van der Waals surface area contributed by atoms with Crippen LogP contribution in [0, 0.1) is 5.82 Å². The van der Waals surface area contributed by atoms with Crippen molar-refractivity contribution < 1.29 is 13.9 Å². The molecule has 1 aliphatic heterocycles. The molecule has 4 rings (SSSR count). The molecule has 1 aromatic carbocycles. The van der Waals surface area contributed by atoms with Gasteiger partial charge in [0.15, 0.2) is 5.82 Å². The van der Waals surface area contributed by atoms with Gasteiger partial charge in [-0.25, -0.2) is 14.4 Å². The monoisotopic (exact) mass is 413 g/mol. The first-order valence-corrected chi connectivity index (χ1v) is 10.6. The van der Waals surface area contributed by atoms with Gasteiger partial charge in [-0.05, 0) is 37.8 Å². The molecule has 2 fully saturated rings. The van der Waals surface area contributed by atoms with Crippen LogP contribution in [-0.2, 0) is 9.53 Å². The number of anilines is 2. The Bertz CT molecular complexity index is 880. The van der Waals surface area contributed by atoms with Gasteiger partial charge in [-0.15, -0.1) is 0 Å². The summed E-state index contributed by atoms with van der Waals surface area (Å²) >= 11 is 0. The van der Waals surface area contributed by atoms with Gasteiger partial charge in [0, 0.05) is 43.3 Å². The second-order valence-electron chi connectivity index (χ2n) is 7.93. The Hall–Kier alpha value is -2.74. The Balaban J connectivity index is 1.45. The summed E-state index contributed by atoms with van der Waals surface area (Å²) in [4.78, 5) is 22.1. The molecule has 8 heteroatoms. The summed E-state index contributed by atoms with van der Waals surface area (Å²) in [5.41, 5.74) is 2.07. The van der Waals surface area contributed by atoms with E-state index >= 15 is 0 Å². The summed E-state index contributed by atoms with van der Waals surface area (Å²) in [5, 5.41) is 6.32. The molecule has 1 aliphatic carbocycles. The number of hydrogen-bond donors (Lipinski definition) is 2. The molecule has 1 amide bonds. The maximum Gasteiger partial charge on any atom is 0.223 e. The van der Waals surface area contributed by atoms with Gasteiger partial charge in [-0.3, -0.25) is 4.79 Å². The largest absolute Gasteiger partial charge is 0.378 e. The third-order valence-corrected chi connectivity index (χ3v) is 5.71. The molecule has 0 radical (unpaired) electrons. The van der Waals surface area contributed by atoms with Crippen molar-refractivity contribution in [1.29, 1.82) is 0 Å². The van der Waals surface area contributed by atoms with Crippen molar-refractivity contribution in [3.05, 3.63) is 36.3 Å². The van der Waals surface area contributed by atoms with Crippen molar-refractivity contribution in [3.63, 3.8) is 0 Å². The van der Waals surface area contributed by atoms with Crippen LogP contribution in [0.15, 0.2) is 30.5 Å². The summed E-state index contributed by atoms with van der Waals surface area (Å²) < 4.78 is 20.0. The van der Waals surface area contributed by atoms with Crippen LogP contribution in [0.3, 0.4) is 0 Å². The fraction of sp³-hybridized carbons (Fsp3) is 0.500. The molecule has 0 spiro atoms. The van der Waals surface area contributed by atoms with Crippen LogP contribution in [0.2, 0.25) is 0 Å². The minimum Gasteiger partial charge on any atom is -0.378 e. The number of rotatable bonds is 5. The van der Waals surface area contributed by atoms with Crippen LogP contribution in [0.4, 0.5) is 16.0 Å². The van der Waals surface area contributed by atoms with Gasteiger partial charge in [-0.2, -0.15) is 0 Å². The first kappa shape index (κ1) is 20.5. The van der Waals surface area contributed by atoms with Gasteiger partial charge in [0.1, 0.15) is 5.69 Å². The highest BCUT2D eigenvalue weighted by atomic mass is 19.1. The van der Waals surface area contributed by atoms with Crippen molar-refractivity contribution >= 4 is 17.5 Å². The number of nitrogens with one attached hydrogen (secondary N) is 2. The topological polar surface area (TPSA) is 79.4 Å². The molecule has 0 atom stereocenters. The molecular formula is C22H28FN5O2. The normalized spacial score (nSPS) is 21.9. The summed E-state index contributed by atoms with van der Waals surface area (Å²) in [6.07, 6.45) is 4.87. The molecule has 0 bridgehead atoms. The highest BCUT2D eigenvalue weighted by Gasteiger charge is 2.22. The van der Waals surface area contributed by atoms with Crippen molar-refractivity contribution in [2.24, 2.45) is 0 Å². The lowest BCUT2D eigenvalue weighted by molar-refractivity contribution is -0.119. The molecule has 2 aliphatic rings. The van der Waals surface area contributed by atoms with Crippen LogP contribution in [0.1, 0.15) is 32.6 Å². The number of aromatic nitrogens is 2. The Morgan fingerprint density at radius 1 is 1.17 bits per heavy atom. The third-order valence-electron chi connectivity index (χ3n) is 5.71. The number of morpholine rings is 1. The fourth-order valence-corrected chi connectivity index (χ4v) is 4.16. The van der Waals surface area contributed by atoms with Crippen LogP contribution in [-0.4, -0.2) is 54.3 Å². The molecule has 30 heavy (non-hydrogen) atoms. The van der Waals surface area contributed by atoms with Crippen LogP contribution in [0.5, 0.6) is 0 Å². The number of ether oxygens (including phenoxy) is 1. The average Bonchev–Trinajstić information content (AvgIpc) is 2.77. The van der Waals surface area contributed by atoms with Gasteiger partial charge in [-0.1, -0.05) is 12.1 Å². The van der Waals surface area contributed by atoms with E-state index in [0.717, 1.165) is 50.0 Å². The molecule has 1 aromatic heterocycles. The second-order valence-corrected chi connectivity index (χ2v) is 7.93. The lowest BCUT2D eigenvalue weighted by atomic mass is 9.91. The number of benzene rings is 1. The highest BCUT2D eigenvalue weighted by Crippen LogP contribution is 2.27. The van der Waals surface area contributed by atoms with Crippen LogP contribution >= 0.6 is 0 Å². The van der Waals surface area contributed by atoms with E-state index in [4.69, 9.17) is 4.74 Å². The standard InChI is InChI=1S/C22H28FN5O2/c1-15(29)25-17-5-7-18(8-6-17)26-22-24-14-20(23)21(27-22)16-3-2-4-19(13-16)28-9-11-30-12-10-28/h2-4,13-14,17-18H,5-12H2,1H3,(H,25,29)(H,24,26,27). The first-order valence-electron chi connectivity index (χ1n) is 10.6. The zero-order valence-corrected chi connectivity index (χ0v) is 17.2. The number of amides is 1. The van der Waals surface area contributed by atoms with Gasteiger partial charge in [0.25, 0.3) is 0 Å². The molecule has 2 N–H and O–H groups in total. The van der Waals surface area contributed by atoms with E-state index in [-0.39, 0.29) is 18.0 Å². The van der Waals surface area contributed by atoms with Gasteiger partial charge in [0.2, 0.25) is 11.9 Å². The van der Waals surface area contributed by atoms with Crippen molar-refractivity contribution in [3.8, 4) is 11.3 Å². The summed E-state index contributed by atoms with van der Waals surface area (Å²) in [6.45, 7) is 4.59. The molecule has 2 aromatic rings. The third kappa shape index (κ3) is 5.05. The fourth-order valence-electron chi connectivity index (χ4n) is 4.16. The maximum atomic E-state index is 14.6. The van der Waals surface area contributed by atoms with Crippen molar-refractivity contribution in [2.45, 2.75) is 44.7 Å². The van der Waals surface area contributed by atoms with Gasteiger partial charge >= 0.3 is 0 Å². The smallest absolute Gasteiger partial charge is 0.223 e. The van der Waals surface area contributed by atoms with Crippen molar-refractivity contribution in [1.82, 2.24) is 15.3 Å². The molecule has 160 valence electrons. The number of carbonyl (C=O) groups is 1. The SMILES string of the molecule is CC(=O)NC1CCC(Nc2ncc(F)c(-c3cccc(N4CCOCC4)c3)n2)CC1. The molecule has 2 heterocycles. The summed E-state index contributed by atoms with van der Waals surface area (Å²) in [6, 6.07) is 8.25. The Labute approximate surface area is 176 Å². The Morgan fingerprint density at radius 3 is 2.63 bits per heavy atom. The molecular weight excluding hydrogens is 385 g/mol. The van der Waals surface area contributed by atoms with E-state index in [1.165, 1.54) is 6.20 Å². The predicted molar refractivity (Wildman–Crippen MR) is 114 cm³/mol. The lowest BCUT2D eigenvalue weighted by Gasteiger charge is -2.29. The van der Waals surface area contributed by atoms with Gasteiger partial charge in [0.05, 0.1) is 19.4 Å². The summed E-state index contributed by atoms with van der Waals surface area (Å²) in [5.74, 6) is 0.0115. The highest BCUT2D eigenvalue weighted by molar-refractivity contribution is 5.73. The van der Waals surface area contributed by atoms with E-state index in [0.29, 0.717) is 24.9 Å². The zero-order valence-electron chi connectivity index (χ0n) is 17.2. The number of halogens is 1. The van der Waals surface area contributed by atoms with Crippen LogP contribution < -0.4 is 15.5 Å². The quantitative estimate of drug-likeness (QED) is 0.785. The van der Waals surface area contributed by atoms with Gasteiger partial charge < -0.3 is 20.3 Å². The second kappa shape index (κ2) is 9.38. The lowest BCUT2D eigenvalue weighted by Crippen LogP contribution is -2.39. The Kier molecular flexibility index (Phi) is 6.42. The van der Waals surface area contributed by atoms with E-state index in [1.807, 2.05) is 24.3 Å². The van der Waals surface area contributed by atoms with Crippen LogP contribution in [0.25, 0.3) is 11.3 Å². The van der Waals surface area contributed by atoms with E-state index in [2.05, 4.69) is 25.5 Å². The first-order chi connectivity index (χ1) is 14.6. The maximum absolute atomic E-state index is 14.6. The predicted octanol–water partition coefficient (Wildman–Crippen LogP) is 2.98. The zero-order chi connectivity index (χ0) is 20.9. The average molecular weight is 413 g/mol. The van der Waals surface area contributed by atoms with E-state index < -0.39 is 5.82 Å². The number of nitrogens with zero attached hydrogens (tertiary/aromatic N) is 3. The number of hydrogen-bond acceptors (Lipinski definition) is 6. The number of carbonyl (C=O) groups excluding carboxylic acids is 1. The molecule has 1 saturated heterocycles. The molecule has 0 unspecified atom stereocenters. The summed E-state index contributed by atoms with van der Waals surface area (Å²) in [7, 11) is 0. The molecule has 1 saturated carbocycles.